The smallest absolute Gasteiger partial charge is 0.257 e. The minimum absolute atomic E-state index is 0.204. The third-order valence-electron chi connectivity index (χ3n) is 6.00. The van der Waals surface area contributed by atoms with Gasteiger partial charge in [-0.1, -0.05) is 0 Å². The molecule has 0 spiro atoms. The van der Waals surface area contributed by atoms with Gasteiger partial charge in [0.05, 0.1) is 0 Å². The fraction of sp³-hybridized carbons (Fsp3) is 0.824. The molecule has 1 rings (SSSR count). The molecule has 4 atom stereocenters. The van der Waals surface area contributed by atoms with Crippen LogP contribution in [0, 0.1) is 12.8 Å². The topological polar surface area (TPSA) is 146 Å². The van der Waals surface area contributed by atoms with Crippen LogP contribution in [0.15, 0.2) is 20.0 Å². The average molecular weight is 647 g/mol. The van der Waals surface area contributed by atoms with E-state index in [1.165, 1.54) is 0 Å². The van der Waals surface area contributed by atoms with Gasteiger partial charge >= 0.3 is 0 Å². The predicted molar refractivity (Wildman–Crippen MR) is 200 cm³/mol. The molecule has 1 aliphatic rings. The van der Waals surface area contributed by atoms with Crippen LogP contribution in [0.3, 0.4) is 0 Å². The molecule has 0 bridgehead atoms. The van der Waals surface area contributed by atoms with Gasteiger partial charge < -0.3 is 42.5 Å². The zero-order valence-corrected chi connectivity index (χ0v) is 31.9. The van der Waals surface area contributed by atoms with Crippen molar-refractivity contribution in [2.24, 2.45) is 20.0 Å². The third-order valence-corrected chi connectivity index (χ3v) is 6.00. The van der Waals surface area contributed by atoms with Crippen molar-refractivity contribution in [2.75, 3.05) is 0 Å². The van der Waals surface area contributed by atoms with E-state index in [9.17, 15) is 0 Å². The van der Waals surface area contributed by atoms with Crippen molar-refractivity contribution in [3.63, 3.8) is 0 Å². The summed E-state index contributed by atoms with van der Waals surface area (Å²) in [6.45, 7) is 33.9. The maximum absolute atomic E-state index is 5.25. The van der Waals surface area contributed by atoms with Gasteiger partial charge in [-0.25, -0.2) is 0 Å². The van der Waals surface area contributed by atoms with Crippen molar-refractivity contribution >= 4 is 23.8 Å². The molecule has 1 aliphatic carbocycles. The maximum atomic E-state index is 5.25. The Morgan fingerprint density at radius 1 is 0.304 bits per heavy atom. The highest BCUT2D eigenvalue weighted by Crippen LogP contribution is 2.28. The van der Waals surface area contributed by atoms with Crippen LogP contribution in [0.5, 0.6) is 0 Å². The predicted octanol–water partition coefficient (Wildman–Crippen LogP) is 3.29. The summed E-state index contributed by atoms with van der Waals surface area (Å²) in [6.07, 6.45) is 4.39. The van der Waals surface area contributed by atoms with E-state index in [4.69, 9.17) is 20.0 Å². The van der Waals surface area contributed by atoms with E-state index in [-0.39, 0.29) is 72.5 Å². The highest BCUT2D eigenvalue weighted by Gasteiger charge is 2.53. The second-order valence-corrected chi connectivity index (χ2v) is 14.7. The molecule has 0 aliphatic heterocycles. The van der Waals surface area contributed by atoms with Crippen LogP contribution in [-0.2, 0) is 0 Å². The first kappa shape index (κ1) is 40.8. The Hall–Kier alpha value is -3.18. The zero-order valence-electron chi connectivity index (χ0n) is 31.9. The molecule has 8 N–H and O–H groups in total. The number of guanidine groups is 4. The van der Waals surface area contributed by atoms with Crippen LogP contribution >= 0.6 is 0 Å². The monoisotopic (exact) mass is 647 g/mol. The molecule has 0 amide bonds. The van der Waals surface area contributed by atoms with E-state index >= 15 is 0 Å². The lowest BCUT2D eigenvalue weighted by Crippen LogP contribution is -2.52. The van der Waals surface area contributed by atoms with E-state index in [0.717, 1.165) is 23.8 Å². The summed E-state index contributed by atoms with van der Waals surface area (Å²) in [5.41, 5.74) is 0. The minimum Gasteiger partial charge on any atom is -0.354 e. The standard InChI is InChI=1S/C34H70N12/c1-19(2)35-31(36-20(3)4)43-27-17-29(45-33(39-23(9)10)40-24(11)12)30(46-34(41-25(13)14)42-26(15)16)18-28(27)44-32(37-21(5)6)38-22(7)8/h17-30H,1-16H3,(H2,35,36,43)(H2,37,38,44)(H2,39,40,45)(H2,41,42,46)/q+2. The van der Waals surface area contributed by atoms with Crippen molar-refractivity contribution < 1.29 is 0 Å². The maximum Gasteiger partial charge on any atom is 0.257 e. The molecular weight excluding hydrogens is 576 g/mol. The number of aliphatic imine (C=N–C) groups is 4. The number of nitrogens with one attached hydrogen (secondary N) is 8. The molecule has 12 nitrogen and oxygen atoms in total. The lowest BCUT2D eigenvalue weighted by molar-refractivity contribution is 0.452. The molecule has 12 heteroatoms. The van der Waals surface area contributed by atoms with Crippen LogP contribution in [0.2, 0.25) is 0 Å². The molecule has 0 aromatic heterocycles. The van der Waals surface area contributed by atoms with Crippen molar-refractivity contribution in [1.82, 2.24) is 42.5 Å². The molecule has 264 valence electrons. The van der Waals surface area contributed by atoms with Gasteiger partial charge in [0.25, 0.3) is 24.2 Å². The van der Waals surface area contributed by atoms with Gasteiger partial charge in [-0.15, -0.1) is 0 Å². The molecule has 46 heavy (non-hydrogen) atoms. The molecular formula is C34H70N12+2. The Bertz CT molecular complexity index is 777. The average Bonchev–Trinajstić information content (AvgIpc) is 2.83. The van der Waals surface area contributed by atoms with Gasteiger partial charge in [0.15, 0.2) is 23.8 Å². The molecule has 0 aromatic carbocycles. The van der Waals surface area contributed by atoms with Crippen molar-refractivity contribution in [2.45, 2.75) is 183 Å². The second-order valence-electron chi connectivity index (χ2n) is 14.7. The normalized spacial score (nSPS) is 19.5. The lowest BCUT2D eigenvalue weighted by Gasteiger charge is -2.27. The third kappa shape index (κ3) is 17.5. The van der Waals surface area contributed by atoms with Crippen molar-refractivity contribution in [3.05, 3.63) is 12.8 Å². The van der Waals surface area contributed by atoms with E-state index < -0.39 is 0 Å². The molecule has 0 aromatic rings. The Labute approximate surface area is 282 Å². The first-order valence-corrected chi connectivity index (χ1v) is 17.5. The molecule has 1 saturated carbocycles. The van der Waals surface area contributed by atoms with E-state index in [2.05, 4.69) is 166 Å². The molecule has 4 unspecified atom stereocenters. The summed E-state index contributed by atoms with van der Waals surface area (Å²) in [4.78, 5) is 21.0. The van der Waals surface area contributed by atoms with Crippen LogP contribution in [0.25, 0.3) is 0 Å². The van der Waals surface area contributed by atoms with Gasteiger partial charge in [0, 0.05) is 48.3 Å². The summed E-state index contributed by atoms with van der Waals surface area (Å²) in [5, 5.41) is 28.1. The van der Waals surface area contributed by atoms with E-state index in [0.29, 0.717) is 0 Å². The van der Waals surface area contributed by atoms with Crippen molar-refractivity contribution in [1.29, 1.82) is 0 Å². The van der Waals surface area contributed by atoms with Crippen LogP contribution in [0.1, 0.15) is 111 Å². The lowest BCUT2D eigenvalue weighted by atomic mass is 9.83. The molecule has 1 fully saturated rings. The van der Waals surface area contributed by atoms with Crippen molar-refractivity contribution in [3.8, 4) is 0 Å². The van der Waals surface area contributed by atoms with Gasteiger partial charge in [-0.3, -0.25) is 0 Å². The van der Waals surface area contributed by atoms with Gasteiger partial charge in [0.2, 0.25) is 0 Å². The fourth-order valence-corrected chi connectivity index (χ4v) is 4.59. The number of hydrogen-bond acceptors (Lipinski definition) is 4. The van der Waals surface area contributed by atoms with Gasteiger partial charge in [-0.2, -0.15) is 20.0 Å². The van der Waals surface area contributed by atoms with Crippen LogP contribution < -0.4 is 42.5 Å². The molecule has 0 radical (unpaired) electrons. The summed E-state index contributed by atoms with van der Waals surface area (Å²) < 4.78 is 0. The summed E-state index contributed by atoms with van der Waals surface area (Å²) in [6, 6.07) is 0.371. The Kier molecular flexibility index (Phi) is 17.9. The minimum atomic E-state index is -0.315. The Balaban J connectivity index is 3.95. The quantitative estimate of drug-likeness (QED) is 0.0917. The SMILES string of the molecule is CC(C)NC(=NC1[CH+]C(N=C(NC(C)C)NC(C)C)C(N=C(NC(C)C)NC(C)C)[CH+]C1N=C(NC(C)C)NC(C)C)NC(C)C. The summed E-state index contributed by atoms with van der Waals surface area (Å²) in [7, 11) is 0. The molecule has 0 heterocycles. The Morgan fingerprint density at radius 3 is 0.543 bits per heavy atom. The second kappa shape index (κ2) is 20.1. The summed E-state index contributed by atoms with van der Waals surface area (Å²) >= 11 is 0. The van der Waals surface area contributed by atoms with E-state index in [1.54, 1.807) is 0 Å². The zero-order chi connectivity index (χ0) is 35.1. The van der Waals surface area contributed by atoms with Crippen LogP contribution in [-0.4, -0.2) is 96.3 Å². The highest BCUT2D eigenvalue weighted by molar-refractivity contribution is 5.83. The number of nitrogens with zero attached hydrogens (tertiary/aromatic N) is 4. The van der Waals surface area contributed by atoms with Gasteiger partial charge in [-0.05, 0) is 111 Å². The number of rotatable bonds is 12. The summed E-state index contributed by atoms with van der Waals surface area (Å²) in [5.74, 6) is 2.96. The Morgan fingerprint density at radius 2 is 0.435 bits per heavy atom. The first-order chi connectivity index (χ1) is 21.3. The van der Waals surface area contributed by atoms with Crippen LogP contribution in [0.4, 0.5) is 0 Å². The first-order valence-electron chi connectivity index (χ1n) is 17.5. The fourth-order valence-electron chi connectivity index (χ4n) is 4.59. The highest BCUT2D eigenvalue weighted by atomic mass is 15.3. The largest absolute Gasteiger partial charge is 0.354 e. The molecule has 0 saturated heterocycles. The van der Waals surface area contributed by atoms with E-state index in [1.807, 2.05) is 0 Å². The number of hydrogen-bond donors (Lipinski definition) is 8. The van der Waals surface area contributed by atoms with Gasteiger partial charge in [0.1, 0.15) is 12.8 Å².